The highest BCUT2D eigenvalue weighted by Gasteiger charge is 2.15. The minimum Gasteiger partial charge on any atom is -0.481 e. The maximum absolute atomic E-state index is 12.3. The number of amides is 1. The molecule has 0 aliphatic heterocycles. The summed E-state index contributed by atoms with van der Waals surface area (Å²) >= 11 is 5.93. The Morgan fingerprint density at radius 1 is 1.08 bits per heavy atom. The summed E-state index contributed by atoms with van der Waals surface area (Å²) in [5, 5.41) is 3.43. The largest absolute Gasteiger partial charge is 0.481 e. The van der Waals surface area contributed by atoms with Crippen molar-refractivity contribution in [2.24, 2.45) is 0 Å². The highest BCUT2D eigenvalue weighted by Crippen LogP contribution is 2.19. The van der Waals surface area contributed by atoms with Crippen LogP contribution in [0.1, 0.15) is 18.1 Å². The van der Waals surface area contributed by atoms with Crippen molar-refractivity contribution in [1.82, 2.24) is 4.98 Å². The van der Waals surface area contributed by atoms with Gasteiger partial charge in [-0.05, 0) is 66.9 Å². The molecule has 1 atom stereocenters. The number of benzene rings is 2. The molecule has 26 heavy (non-hydrogen) atoms. The van der Waals surface area contributed by atoms with Crippen molar-refractivity contribution in [3.8, 4) is 5.75 Å². The lowest BCUT2D eigenvalue weighted by Crippen LogP contribution is -2.30. The van der Waals surface area contributed by atoms with Crippen molar-refractivity contribution in [2.45, 2.75) is 19.4 Å². The minimum atomic E-state index is -0.634. The summed E-state index contributed by atoms with van der Waals surface area (Å²) in [6, 6.07) is 18.7. The van der Waals surface area contributed by atoms with Gasteiger partial charge in [-0.1, -0.05) is 29.8 Å². The maximum Gasteiger partial charge on any atom is 0.265 e. The summed E-state index contributed by atoms with van der Waals surface area (Å²) < 4.78 is 5.63. The number of carbonyl (C=O) groups excluding carboxylic acids is 1. The molecule has 1 N–H and O–H groups in total. The Bertz CT molecular complexity index is 867. The van der Waals surface area contributed by atoms with Crippen molar-refractivity contribution in [2.75, 3.05) is 5.32 Å². The Hall–Kier alpha value is -2.85. The number of nitrogens with one attached hydrogen (secondary N) is 1. The normalized spacial score (nSPS) is 11.6. The molecular weight excluding hydrogens is 348 g/mol. The maximum atomic E-state index is 12.3. The van der Waals surface area contributed by atoms with Crippen LogP contribution in [0.25, 0.3) is 0 Å². The highest BCUT2D eigenvalue weighted by atomic mass is 35.5. The number of rotatable bonds is 6. The number of aromatic nitrogens is 1. The molecule has 0 radical (unpaired) electrons. The standard InChI is InChI=1S/C21H19ClN2O2/c1-15(26-20-4-2-3-18(22)14-20)21(25)24-19-7-5-16(6-8-19)13-17-9-11-23-12-10-17/h2-12,14-15H,13H2,1H3,(H,24,25). The summed E-state index contributed by atoms with van der Waals surface area (Å²) in [5.41, 5.74) is 3.09. The zero-order valence-electron chi connectivity index (χ0n) is 14.4. The van der Waals surface area contributed by atoms with Gasteiger partial charge in [0.15, 0.2) is 6.10 Å². The van der Waals surface area contributed by atoms with Crippen LogP contribution in [0.2, 0.25) is 5.02 Å². The van der Waals surface area contributed by atoms with E-state index in [0.29, 0.717) is 10.8 Å². The monoisotopic (exact) mass is 366 g/mol. The average molecular weight is 367 g/mol. The zero-order valence-corrected chi connectivity index (χ0v) is 15.1. The molecule has 5 heteroatoms. The van der Waals surface area contributed by atoms with Crippen molar-refractivity contribution >= 4 is 23.2 Å². The smallest absolute Gasteiger partial charge is 0.265 e. The molecule has 0 aliphatic carbocycles. The number of hydrogen-bond acceptors (Lipinski definition) is 3. The van der Waals surface area contributed by atoms with Crippen LogP contribution >= 0.6 is 11.6 Å². The summed E-state index contributed by atoms with van der Waals surface area (Å²) in [4.78, 5) is 16.3. The van der Waals surface area contributed by atoms with E-state index in [1.165, 1.54) is 5.56 Å². The fourth-order valence-corrected chi connectivity index (χ4v) is 2.66. The van der Waals surface area contributed by atoms with Crippen LogP contribution in [-0.2, 0) is 11.2 Å². The van der Waals surface area contributed by atoms with E-state index in [4.69, 9.17) is 16.3 Å². The van der Waals surface area contributed by atoms with Crippen LogP contribution in [0.5, 0.6) is 5.75 Å². The molecule has 4 nitrogen and oxygen atoms in total. The first-order chi connectivity index (χ1) is 12.6. The Kier molecular flexibility index (Phi) is 5.87. The molecule has 3 aromatic rings. The number of nitrogens with zero attached hydrogens (tertiary/aromatic N) is 1. The SMILES string of the molecule is CC(Oc1cccc(Cl)c1)C(=O)Nc1ccc(Cc2ccncc2)cc1. The van der Waals surface area contributed by atoms with E-state index in [1.54, 1.807) is 43.6 Å². The van der Waals surface area contributed by atoms with Crippen molar-refractivity contribution in [3.05, 3.63) is 89.2 Å². The van der Waals surface area contributed by atoms with Gasteiger partial charge in [0.1, 0.15) is 5.75 Å². The van der Waals surface area contributed by atoms with E-state index in [9.17, 15) is 4.79 Å². The van der Waals surface area contributed by atoms with Crippen LogP contribution in [0.4, 0.5) is 5.69 Å². The molecule has 0 spiro atoms. The van der Waals surface area contributed by atoms with Gasteiger partial charge in [-0.3, -0.25) is 9.78 Å². The third-order valence-corrected chi connectivity index (χ3v) is 4.09. The predicted octanol–water partition coefficient (Wildman–Crippen LogP) is 4.73. The van der Waals surface area contributed by atoms with Gasteiger partial charge in [-0.15, -0.1) is 0 Å². The first-order valence-electron chi connectivity index (χ1n) is 8.31. The van der Waals surface area contributed by atoms with Gasteiger partial charge in [0.05, 0.1) is 0 Å². The third-order valence-electron chi connectivity index (χ3n) is 3.86. The van der Waals surface area contributed by atoms with Crippen molar-refractivity contribution in [1.29, 1.82) is 0 Å². The van der Waals surface area contributed by atoms with E-state index in [-0.39, 0.29) is 5.91 Å². The Labute approximate surface area is 157 Å². The van der Waals surface area contributed by atoms with Gasteiger partial charge >= 0.3 is 0 Å². The molecule has 0 saturated heterocycles. The fraction of sp³-hybridized carbons (Fsp3) is 0.143. The average Bonchev–Trinajstić information content (AvgIpc) is 2.64. The van der Waals surface area contributed by atoms with Gasteiger partial charge < -0.3 is 10.1 Å². The molecular formula is C21H19ClN2O2. The van der Waals surface area contributed by atoms with Gasteiger partial charge in [0, 0.05) is 23.1 Å². The van der Waals surface area contributed by atoms with Gasteiger partial charge in [0.2, 0.25) is 0 Å². The molecule has 1 heterocycles. The minimum absolute atomic E-state index is 0.216. The number of carbonyl (C=O) groups is 1. The topological polar surface area (TPSA) is 51.2 Å². The Morgan fingerprint density at radius 2 is 1.77 bits per heavy atom. The van der Waals surface area contributed by atoms with Crippen LogP contribution in [0, 0.1) is 0 Å². The molecule has 0 saturated carbocycles. The lowest BCUT2D eigenvalue weighted by molar-refractivity contribution is -0.122. The first-order valence-corrected chi connectivity index (χ1v) is 8.69. The summed E-state index contributed by atoms with van der Waals surface area (Å²) in [5.74, 6) is 0.347. The van der Waals surface area contributed by atoms with Crippen LogP contribution in [0.15, 0.2) is 73.1 Å². The molecule has 0 fully saturated rings. The third kappa shape index (κ3) is 5.07. The quantitative estimate of drug-likeness (QED) is 0.686. The lowest BCUT2D eigenvalue weighted by Gasteiger charge is -2.15. The van der Waals surface area contributed by atoms with E-state index in [1.807, 2.05) is 36.4 Å². The molecule has 0 bridgehead atoms. The van der Waals surface area contributed by atoms with E-state index < -0.39 is 6.10 Å². The van der Waals surface area contributed by atoms with E-state index in [2.05, 4.69) is 10.3 Å². The molecule has 132 valence electrons. The summed E-state index contributed by atoms with van der Waals surface area (Å²) in [6.07, 6.45) is 3.76. The number of halogens is 1. The van der Waals surface area contributed by atoms with Gasteiger partial charge in [0.25, 0.3) is 5.91 Å². The second-order valence-electron chi connectivity index (χ2n) is 5.94. The van der Waals surface area contributed by atoms with Crippen LogP contribution < -0.4 is 10.1 Å². The second-order valence-corrected chi connectivity index (χ2v) is 6.37. The molecule has 1 unspecified atom stereocenters. The summed E-state index contributed by atoms with van der Waals surface area (Å²) in [6.45, 7) is 1.70. The highest BCUT2D eigenvalue weighted by molar-refractivity contribution is 6.30. The molecule has 2 aromatic carbocycles. The van der Waals surface area contributed by atoms with Gasteiger partial charge in [-0.25, -0.2) is 0 Å². The molecule has 1 aromatic heterocycles. The van der Waals surface area contributed by atoms with Gasteiger partial charge in [-0.2, -0.15) is 0 Å². The Morgan fingerprint density at radius 3 is 2.46 bits per heavy atom. The fourth-order valence-electron chi connectivity index (χ4n) is 2.48. The van der Waals surface area contributed by atoms with Crippen LogP contribution in [0.3, 0.4) is 0 Å². The van der Waals surface area contributed by atoms with Crippen molar-refractivity contribution < 1.29 is 9.53 Å². The number of pyridine rings is 1. The van der Waals surface area contributed by atoms with Crippen molar-refractivity contribution in [3.63, 3.8) is 0 Å². The summed E-state index contributed by atoms with van der Waals surface area (Å²) in [7, 11) is 0. The predicted molar refractivity (Wildman–Crippen MR) is 104 cm³/mol. The number of hydrogen-bond donors (Lipinski definition) is 1. The molecule has 1 amide bonds. The van der Waals surface area contributed by atoms with E-state index >= 15 is 0 Å². The number of anilines is 1. The second kappa shape index (κ2) is 8.50. The Balaban J connectivity index is 1.57. The first kappa shape index (κ1) is 18.0. The molecule has 3 rings (SSSR count). The zero-order chi connectivity index (χ0) is 18.4. The number of ether oxygens (including phenoxy) is 1. The molecule has 0 aliphatic rings. The van der Waals surface area contributed by atoms with E-state index in [0.717, 1.165) is 17.7 Å². The lowest BCUT2D eigenvalue weighted by atomic mass is 10.1. The van der Waals surface area contributed by atoms with Crippen LogP contribution in [-0.4, -0.2) is 17.0 Å².